The summed E-state index contributed by atoms with van der Waals surface area (Å²) in [6, 6.07) is 11.0. The molecule has 126 valence electrons. The summed E-state index contributed by atoms with van der Waals surface area (Å²) in [6.07, 6.45) is 1.21. The van der Waals surface area contributed by atoms with Crippen LogP contribution in [0.3, 0.4) is 0 Å². The SMILES string of the molecule is Cn1cc(Cl)cc1C(=O)N1CC(NC(=O)OCc2ccccc2)C1. The normalized spacial score (nSPS) is 14.2. The number of hydrogen-bond acceptors (Lipinski definition) is 3. The van der Waals surface area contributed by atoms with E-state index in [-0.39, 0.29) is 18.6 Å². The standard InChI is InChI=1S/C17H18ClN3O3/c1-20-8-13(18)7-15(20)16(22)21-9-14(10-21)19-17(23)24-11-12-5-3-2-4-6-12/h2-8,14H,9-11H2,1H3,(H,19,23). The molecule has 7 heteroatoms. The molecule has 2 aromatic rings. The molecule has 0 saturated carbocycles. The zero-order valence-electron chi connectivity index (χ0n) is 13.2. The first kappa shape index (κ1) is 16.4. The molecule has 1 N–H and O–H groups in total. The Hall–Kier alpha value is -2.47. The molecule has 2 heterocycles. The van der Waals surface area contributed by atoms with Crippen LogP contribution in [-0.4, -0.2) is 40.6 Å². The number of ether oxygens (including phenoxy) is 1. The number of benzene rings is 1. The van der Waals surface area contributed by atoms with Crippen LogP contribution in [0.1, 0.15) is 16.1 Å². The Balaban J connectivity index is 1.42. The third-order valence-corrected chi connectivity index (χ3v) is 4.10. The minimum atomic E-state index is -0.474. The van der Waals surface area contributed by atoms with Gasteiger partial charge in [-0.25, -0.2) is 4.79 Å². The highest BCUT2D eigenvalue weighted by molar-refractivity contribution is 6.31. The third kappa shape index (κ3) is 3.71. The van der Waals surface area contributed by atoms with Crippen molar-refractivity contribution in [3.05, 3.63) is 58.9 Å². The van der Waals surface area contributed by atoms with Gasteiger partial charge in [-0.2, -0.15) is 0 Å². The average Bonchev–Trinajstić information content (AvgIpc) is 2.87. The maximum absolute atomic E-state index is 12.3. The zero-order chi connectivity index (χ0) is 17.1. The summed E-state index contributed by atoms with van der Waals surface area (Å²) in [4.78, 5) is 25.7. The third-order valence-electron chi connectivity index (χ3n) is 3.89. The van der Waals surface area contributed by atoms with E-state index in [2.05, 4.69) is 5.32 Å². The van der Waals surface area contributed by atoms with Crippen LogP contribution in [0.15, 0.2) is 42.6 Å². The van der Waals surface area contributed by atoms with Crippen molar-refractivity contribution in [2.24, 2.45) is 7.05 Å². The highest BCUT2D eigenvalue weighted by Crippen LogP contribution is 2.18. The molecule has 0 aliphatic carbocycles. The number of hydrogen-bond donors (Lipinski definition) is 1. The fourth-order valence-corrected chi connectivity index (χ4v) is 2.82. The Morgan fingerprint density at radius 1 is 1.29 bits per heavy atom. The molecule has 0 unspecified atom stereocenters. The predicted octanol–water partition coefficient (Wildman–Crippen LogP) is 2.43. The maximum atomic E-state index is 12.3. The van der Waals surface area contributed by atoms with Gasteiger partial charge in [0.1, 0.15) is 12.3 Å². The number of rotatable bonds is 4. The van der Waals surface area contributed by atoms with Gasteiger partial charge >= 0.3 is 6.09 Å². The number of carbonyl (C=O) groups excluding carboxylic acids is 2. The van der Waals surface area contributed by atoms with Gasteiger partial charge in [0.15, 0.2) is 0 Å². The number of nitrogens with zero attached hydrogens (tertiary/aromatic N) is 2. The Bertz CT molecular complexity index is 739. The largest absolute Gasteiger partial charge is 0.445 e. The van der Waals surface area contributed by atoms with E-state index in [1.807, 2.05) is 30.3 Å². The molecule has 24 heavy (non-hydrogen) atoms. The monoisotopic (exact) mass is 347 g/mol. The molecule has 3 rings (SSSR count). The van der Waals surface area contributed by atoms with Gasteiger partial charge in [-0.05, 0) is 11.6 Å². The van der Waals surface area contributed by atoms with Crippen LogP contribution in [0.4, 0.5) is 4.79 Å². The molecular formula is C17H18ClN3O3. The minimum Gasteiger partial charge on any atom is -0.445 e. The molecule has 2 amide bonds. The number of halogens is 1. The highest BCUT2D eigenvalue weighted by atomic mass is 35.5. The van der Waals surface area contributed by atoms with Crippen molar-refractivity contribution in [3.63, 3.8) is 0 Å². The van der Waals surface area contributed by atoms with Crippen molar-refractivity contribution < 1.29 is 14.3 Å². The second-order valence-electron chi connectivity index (χ2n) is 5.77. The van der Waals surface area contributed by atoms with Crippen molar-refractivity contribution in [1.82, 2.24) is 14.8 Å². The van der Waals surface area contributed by atoms with Gasteiger partial charge in [-0.15, -0.1) is 0 Å². The van der Waals surface area contributed by atoms with Crippen molar-refractivity contribution in [2.45, 2.75) is 12.6 Å². The summed E-state index contributed by atoms with van der Waals surface area (Å²) in [7, 11) is 1.77. The lowest BCUT2D eigenvalue weighted by molar-refractivity contribution is 0.0536. The van der Waals surface area contributed by atoms with Crippen LogP contribution in [0.5, 0.6) is 0 Å². The number of carbonyl (C=O) groups is 2. The Kier molecular flexibility index (Phi) is 4.76. The fraction of sp³-hybridized carbons (Fsp3) is 0.294. The lowest BCUT2D eigenvalue weighted by Crippen LogP contribution is -2.61. The quantitative estimate of drug-likeness (QED) is 0.924. The van der Waals surface area contributed by atoms with E-state index in [9.17, 15) is 9.59 Å². The van der Waals surface area contributed by atoms with Crippen molar-refractivity contribution >= 4 is 23.6 Å². The topological polar surface area (TPSA) is 63.6 Å². The Labute approximate surface area is 145 Å². The summed E-state index contributed by atoms with van der Waals surface area (Å²) in [5, 5.41) is 3.28. The van der Waals surface area contributed by atoms with Crippen molar-refractivity contribution in [2.75, 3.05) is 13.1 Å². The van der Waals surface area contributed by atoms with Gasteiger partial charge in [0, 0.05) is 26.3 Å². The lowest BCUT2D eigenvalue weighted by Gasteiger charge is -2.39. The fourth-order valence-electron chi connectivity index (χ4n) is 2.57. The molecule has 1 aliphatic heterocycles. The molecule has 1 aromatic carbocycles. The number of amides is 2. The number of aromatic nitrogens is 1. The summed E-state index contributed by atoms with van der Waals surface area (Å²) in [5.41, 5.74) is 1.46. The molecule has 0 spiro atoms. The first-order valence-electron chi connectivity index (χ1n) is 7.61. The van der Waals surface area contributed by atoms with Gasteiger partial charge < -0.3 is 19.5 Å². The first-order valence-corrected chi connectivity index (χ1v) is 7.99. The molecule has 1 aliphatic rings. The van der Waals surface area contributed by atoms with Gasteiger partial charge in [0.25, 0.3) is 5.91 Å². The number of nitrogens with one attached hydrogen (secondary N) is 1. The smallest absolute Gasteiger partial charge is 0.407 e. The van der Waals surface area contributed by atoms with E-state index in [0.29, 0.717) is 23.8 Å². The van der Waals surface area contributed by atoms with Crippen LogP contribution in [0, 0.1) is 0 Å². The molecule has 1 fully saturated rings. The molecule has 1 saturated heterocycles. The number of likely N-dealkylation sites (tertiary alicyclic amines) is 1. The average molecular weight is 348 g/mol. The van der Waals surface area contributed by atoms with Crippen LogP contribution < -0.4 is 5.32 Å². The number of alkyl carbamates (subject to hydrolysis) is 1. The molecule has 1 aromatic heterocycles. The predicted molar refractivity (Wildman–Crippen MR) is 89.9 cm³/mol. The van der Waals surface area contributed by atoms with Crippen LogP contribution in [0.25, 0.3) is 0 Å². The van der Waals surface area contributed by atoms with Crippen LogP contribution >= 0.6 is 11.6 Å². The lowest BCUT2D eigenvalue weighted by atomic mass is 10.1. The molecule has 0 atom stereocenters. The molecular weight excluding hydrogens is 330 g/mol. The second-order valence-corrected chi connectivity index (χ2v) is 6.20. The second kappa shape index (κ2) is 6.97. The van der Waals surface area contributed by atoms with Crippen LogP contribution in [0.2, 0.25) is 5.02 Å². The van der Waals surface area contributed by atoms with E-state index >= 15 is 0 Å². The summed E-state index contributed by atoms with van der Waals surface area (Å²) in [6.45, 7) is 1.15. The van der Waals surface area contributed by atoms with E-state index in [1.54, 1.807) is 28.8 Å². The van der Waals surface area contributed by atoms with E-state index in [0.717, 1.165) is 5.56 Å². The maximum Gasteiger partial charge on any atom is 0.407 e. The summed E-state index contributed by atoms with van der Waals surface area (Å²) < 4.78 is 6.86. The number of aryl methyl sites for hydroxylation is 1. The van der Waals surface area contributed by atoms with E-state index < -0.39 is 6.09 Å². The van der Waals surface area contributed by atoms with Crippen LogP contribution in [-0.2, 0) is 18.4 Å². The molecule has 6 nitrogen and oxygen atoms in total. The van der Waals surface area contributed by atoms with Gasteiger partial charge in [-0.3, -0.25) is 4.79 Å². The minimum absolute atomic E-state index is 0.0898. The zero-order valence-corrected chi connectivity index (χ0v) is 14.0. The Morgan fingerprint density at radius 3 is 2.62 bits per heavy atom. The molecule has 0 bridgehead atoms. The van der Waals surface area contributed by atoms with E-state index in [1.165, 1.54) is 0 Å². The Morgan fingerprint density at radius 2 is 2.00 bits per heavy atom. The summed E-state index contributed by atoms with van der Waals surface area (Å²) >= 11 is 5.89. The van der Waals surface area contributed by atoms with Gasteiger partial charge in [0.2, 0.25) is 0 Å². The molecule has 0 radical (unpaired) electrons. The van der Waals surface area contributed by atoms with Gasteiger partial charge in [0.05, 0.1) is 11.1 Å². The van der Waals surface area contributed by atoms with Crippen molar-refractivity contribution in [1.29, 1.82) is 0 Å². The highest BCUT2D eigenvalue weighted by Gasteiger charge is 2.33. The van der Waals surface area contributed by atoms with E-state index in [4.69, 9.17) is 16.3 Å². The first-order chi connectivity index (χ1) is 11.5. The van der Waals surface area contributed by atoms with Crippen molar-refractivity contribution in [3.8, 4) is 0 Å². The summed E-state index contributed by atoms with van der Waals surface area (Å²) in [5.74, 6) is -0.0971. The van der Waals surface area contributed by atoms with Gasteiger partial charge in [-0.1, -0.05) is 41.9 Å².